The Morgan fingerprint density at radius 3 is 2.45 bits per heavy atom. The van der Waals surface area contributed by atoms with Crippen LogP contribution in [-0.2, 0) is 21.4 Å². The van der Waals surface area contributed by atoms with Crippen LogP contribution in [0.3, 0.4) is 0 Å². The van der Waals surface area contributed by atoms with E-state index in [0.717, 1.165) is 6.42 Å². The van der Waals surface area contributed by atoms with E-state index in [2.05, 4.69) is 0 Å². The predicted molar refractivity (Wildman–Crippen MR) is 114 cm³/mol. The Labute approximate surface area is 181 Å². The van der Waals surface area contributed by atoms with Crippen LogP contribution in [-0.4, -0.2) is 31.8 Å². The van der Waals surface area contributed by atoms with Gasteiger partial charge in [-0.2, -0.15) is 4.31 Å². The van der Waals surface area contributed by atoms with Crippen LogP contribution < -0.4 is 0 Å². The van der Waals surface area contributed by atoms with Crippen molar-refractivity contribution in [2.24, 2.45) is 11.8 Å². The van der Waals surface area contributed by atoms with Crippen LogP contribution in [0, 0.1) is 11.8 Å². The number of piperidine rings is 1. The maximum Gasteiger partial charge on any atom is 0.338 e. The highest BCUT2D eigenvalue weighted by atomic mass is 35.5. The molecule has 2 unspecified atom stereocenters. The summed E-state index contributed by atoms with van der Waals surface area (Å²) in [7, 11) is -3.67. The molecule has 1 aliphatic rings. The smallest absolute Gasteiger partial charge is 0.338 e. The number of carbonyl (C=O) groups is 1. The molecule has 0 aliphatic carbocycles. The summed E-state index contributed by atoms with van der Waals surface area (Å²) in [4.78, 5) is 12.6. The van der Waals surface area contributed by atoms with E-state index in [1.165, 1.54) is 22.5 Å². The number of ether oxygens (including phenoxy) is 1. The van der Waals surface area contributed by atoms with Crippen molar-refractivity contribution in [2.45, 2.75) is 31.8 Å². The van der Waals surface area contributed by atoms with Crippen molar-refractivity contribution in [3.8, 4) is 0 Å². The predicted octanol–water partition coefficient (Wildman–Crippen LogP) is 5.02. The number of nitrogens with zero attached hydrogens (tertiary/aromatic N) is 1. The minimum Gasteiger partial charge on any atom is -0.457 e. The first-order valence-corrected chi connectivity index (χ1v) is 11.6. The third-order valence-electron chi connectivity index (χ3n) is 4.92. The molecule has 0 saturated carbocycles. The molecule has 8 heteroatoms. The van der Waals surface area contributed by atoms with E-state index in [1.807, 2.05) is 13.8 Å². The lowest BCUT2D eigenvalue weighted by molar-refractivity contribution is 0.0472. The summed E-state index contributed by atoms with van der Waals surface area (Å²) in [6.07, 6.45) is 1.01. The molecule has 0 amide bonds. The highest BCUT2D eigenvalue weighted by Gasteiger charge is 2.32. The van der Waals surface area contributed by atoms with Gasteiger partial charge in [-0.15, -0.1) is 0 Å². The number of carbonyl (C=O) groups excluding carboxylic acids is 1. The molecule has 1 aliphatic heterocycles. The van der Waals surface area contributed by atoms with Crippen molar-refractivity contribution in [1.82, 2.24) is 4.31 Å². The lowest BCUT2D eigenvalue weighted by atomic mass is 9.94. The maximum atomic E-state index is 13.1. The van der Waals surface area contributed by atoms with Gasteiger partial charge in [-0.3, -0.25) is 0 Å². The molecule has 29 heavy (non-hydrogen) atoms. The van der Waals surface area contributed by atoms with Gasteiger partial charge in [0.05, 0.1) is 10.5 Å². The molecule has 1 heterocycles. The summed E-state index contributed by atoms with van der Waals surface area (Å²) in [5.41, 5.74) is 0.791. The molecule has 0 aromatic heterocycles. The third kappa shape index (κ3) is 5.31. The van der Waals surface area contributed by atoms with Gasteiger partial charge in [0.25, 0.3) is 0 Å². The van der Waals surface area contributed by atoms with Crippen LogP contribution in [0.4, 0.5) is 0 Å². The fourth-order valence-corrected chi connectivity index (χ4v) is 5.79. The second kappa shape index (κ2) is 9.04. The van der Waals surface area contributed by atoms with Crippen molar-refractivity contribution < 1.29 is 17.9 Å². The lowest BCUT2D eigenvalue weighted by Gasteiger charge is -2.34. The zero-order valence-corrected chi connectivity index (χ0v) is 18.6. The first-order valence-electron chi connectivity index (χ1n) is 9.38. The van der Waals surface area contributed by atoms with E-state index in [0.29, 0.717) is 40.5 Å². The maximum absolute atomic E-state index is 13.1. The molecular formula is C21H23Cl2NO4S. The standard InChI is InChI=1S/C21H23Cl2NO4S/c1-14-8-15(2)12-24(11-14)29(26,27)19-5-3-4-16(9-19)21(25)28-13-17-6-7-18(22)10-20(17)23/h3-7,9-10,14-15H,8,11-13H2,1-2H3. The molecule has 5 nitrogen and oxygen atoms in total. The number of halogens is 2. The molecule has 2 aromatic rings. The average molecular weight is 456 g/mol. The van der Waals surface area contributed by atoms with E-state index in [1.54, 1.807) is 24.3 Å². The third-order valence-corrected chi connectivity index (χ3v) is 7.33. The quantitative estimate of drug-likeness (QED) is 0.593. The summed E-state index contributed by atoms with van der Waals surface area (Å²) in [6.45, 7) is 5.03. The van der Waals surface area contributed by atoms with Gasteiger partial charge in [-0.25, -0.2) is 13.2 Å². The number of esters is 1. The number of benzene rings is 2. The van der Waals surface area contributed by atoms with Crippen LogP contribution in [0.1, 0.15) is 36.2 Å². The topological polar surface area (TPSA) is 63.7 Å². The average Bonchev–Trinajstić information content (AvgIpc) is 2.66. The first-order chi connectivity index (χ1) is 13.7. The van der Waals surface area contributed by atoms with E-state index in [9.17, 15) is 13.2 Å². The Bertz CT molecular complexity index is 999. The van der Waals surface area contributed by atoms with Crippen LogP contribution in [0.5, 0.6) is 0 Å². The van der Waals surface area contributed by atoms with Crippen molar-refractivity contribution in [3.63, 3.8) is 0 Å². The molecule has 1 saturated heterocycles. The summed E-state index contributed by atoms with van der Waals surface area (Å²) >= 11 is 12.0. The summed E-state index contributed by atoms with van der Waals surface area (Å²) in [5, 5.41) is 0.888. The van der Waals surface area contributed by atoms with Gasteiger partial charge >= 0.3 is 5.97 Å². The van der Waals surface area contributed by atoms with Crippen LogP contribution in [0.2, 0.25) is 10.0 Å². The number of sulfonamides is 1. The van der Waals surface area contributed by atoms with Gasteiger partial charge < -0.3 is 4.74 Å². The Kier molecular flexibility index (Phi) is 6.89. The van der Waals surface area contributed by atoms with Gasteiger partial charge in [0.2, 0.25) is 10.0 Å². The Balaban J connectivity index is 1.75. The van der Waals surface area contributed by atoms with E-state index >= 15 is 0 Å². The van der Waals surface area contributed by atoms with Crippen molar-refractivity contribution >= 4 is 39.2 Å². The van der Waals surface area contributed by atoms with E-state index < -0.39 is 16.0 Å². The molecule has 3 rings (SSSR count). The summed E-state index contributed by atoms with van der Waals surface area (Å²) in [5.74, 6) is -0.0231. The van der Waals surface area contributed by atoms with E-state index in [-0.39, 0.29) is 17.1 Å². The molecule has 156 valence electrons. The van der Waals surface area contributed by atoms with Crippen LogP contribution >= 0.6 is 23.2 Å². The minimum atomic E-state index is -3.67. The van der Waals surface area contributed by atoms with E-state index in [4.69, 9.17) is 27.9 Å². The Hall–Kier alpha value is -1.60. The summed E-state index contributed by atoms with van der Waals surface area (Å²) in [6, 6.07) is 10.9. The van der Waals surface area contributed by atoms with Gasteiger partial charge in [0.15, 0.2) is 0 Å². The normalized spacial score (nSPS) is 20.4. The largest absolute Gasteiger partial charge is 0.457 e. The molecular weight excluding hydrogens is 433 g/mol. The molecule has 1 fully saturated rings. The molecule has 0 N–H and O–H groups in total. The van der Waals surface area contributed by atoms with Gasteiger partial charge in [0, 0.05) is 28.7 Å². The first kappa shape index (κ1) is 22.1. The van der Waals surface area contributed by atoms with Gasteiger partial charge in [-0.05, 0) is 48.6 Å². The Morgan fingerprint density at radius 2 is 1.79 bits per heavy atom. The zero-order chi connectivity index (χ0) is 21.2. The summed E-state index contributed by atoms with van der Waals surface area (Å²) < 4.78 is 32.9. The second-order valence-electron chi connectivity index (χ2n) is 7.61. The molecule has 2 atom stereocenters. The van der Waals surface area contributed by atoms with Gasteiger partial charge in [-0.1, -0.05) is 49.2 Å². The fraction of sp³-hybridized carbons (Fsp3) is 0.381. The SMILES string of the molecule is CC1CC(C)CN(S(=O)(=O)c2cccc(C(=O)OCc3ccc(Cl)cc3Cl)c2)C1. The van der Waals surface area contributed by atoms with Crippen molar-refractivity contribution in [1.29, 1.82) is 0 Å². The van der Waals surface area contributed by atoms with Crippen LogP contribution in [0.15, 0.2) is 47.4 Å². The number of hydrogen-bond donors (Lipinski definition) is 0. The monoisotopic (exact) mass is 455 g/mol. The van der Waals surface area contributed by atoms with Crippen molar-refractivity contribution in [2.75, 3.05) is 13.1 Å². The van der Waals surface area contributed by atoms with Crippen molar-refractivity contribution in [3.05, 3.63) is 63.6 Å². The number of hydrogen-bond acceptors (Lipinski definition) is 4. The molecule has 0 radical (unpaired) electrons. The highest BCUT2D eigenvalue weighted by molar-refractivity contribution is 7.89. The Morgan fingerprint density at radius 1 is 1.10 bits per heavy atom. The molecule has 0 spiro atoms. The zero-order valence-electron chi connectivity index (χ0n) is 16.3. The molecule has 0 bridgehead atoms. The lowest BCUT2D eigenvalue weighted by Crippen LogP contribution is -2.42. The molecule has 2 aromatic carbocycles. The highest BCUT2D eigenvalue weighted by Crippen LogP contribution is 2.27. The second-order valence-corrected chi connectivity index (χ2v) is 10.4. The number of rotatable bonds is 5. The minimum absolute atomic E-state index is 0.0348. The van der Waals surface area contributed by atoms with Crippen LogP contribution in [0.25, 0.3) is 0 Å². The fourth-order valence-electron chi connectivity index (χ4n) is 3.60. The van der Waals surface area contributed by atoms with Gasteiger partial charge in [0.1, 0.15) is 6.61 Å².